The first-order valence-corrected chi connectivity index (χ1v) is 11.4. The van der Waals surface area contributed by atoms with Gasteiger partial charge in [0.15, 0.2) is 0 Å². The topological polar surface area (TPSA) is 52.6 Å². The standard InChI is InChI=1S/C23H31Cl2N5O/c1-15(2)12-21-26-16(3)19(13-17-6-7-18(24)14-20(17)25)22(27-21)29-8-10-30(11-9-29)23(31)28(4)5/h6-7,14-15H,8-13H2,1-5H3. The average molecular weight is 464 g/mol. The molecule has 1 saturated heterocycles. The van der Waals surface area contributed by atoms with Gasteiger partial charge in [-0.2, -0.15) is 0 Å². The molecule has 0 unspecified atom stereocenters. The normalized spacial score (nSPS) is 14.3. The van der Waals surface area contributed by atoms with Crippen molar-refractivity contribution in [3.8, 4) is 0 Å². The van der Waals surface area contributed by atoms with E-state index < -0.39 is 0 Å². The van der Waals surface area contributed by atoms with Gasteiger partial charge in [0.05, 0.1) is 0 Å². The van der Waals surface area contributed by atoms with E-state index in [2.05, 4.69) is 18.7 Å². The first-order chi connectivity index (χ1) is 14.7. The van der Waals surface area contributed by atoms with Crippen molar-refractivity contribution in [1.29, 1.82) is 0 Å². The van der Waals surface area contributed by atoms with Crippen molar-refractivity contribution in [2.75, 3.05) is 45.2 Å². The van der Waals surface area contributed by atoms with Crippen LogP contribution in [0.3, 0.4) is 0 Å². The molecule has 168 valence electrons. The van der Waals surface area contributed by atoms with Gasteiger partial charge in [-0.3, -0.25) is 0 Å². The van der Waals surface area contributed by atoms with E-state index in [4.69, 9.17) is 33.2 Å². The largest absolute Gasteiger partial charge is 0.353 e. The smallest absolute Gasteiger partial charge is 0.319 e. The third-order valence-corrected chi connectivity index (χ3v) is 6.03. The lowest BCUT2D eigenvalue weighted by molar-refractivity contribution is 0.168. The number of piperazine rings is 1. The van der Waals surface area contributed by atoms with Crippen LogP contribution < -0.4 is 4.90 Å². The van der Waals surface area contributed by atoms with Gasteiger partial charge in [0.25, 0.3) is 0 Å². The van der Waals surface area contributed by atoms with E-state index in [1.165, 1.54) is 0 Å². The quantitative estimate of drug-likeness (QED) is 0.645. The lowest BCUT2D eigenvalue weighted by Gasteiger charge is -2.37. The molecule has 2 amide bonds. The van der Waals surface area contributed by atoms with Gasteiger partial charge in [-0.05, 0) is 30.5 Å². The number of halogens is 2. The molecule has 0 bridgehead atoms. The van der Waals surface area contributed by atoms with Gasteiger partial charge in [-0.25, -0.2) is 14.8 Å². The summed E-state index contributed by atoms with van der Waals surface area (Å²) in [5.41, 5.74) is 3.04. The maximum atomic E-state index is 12.3. The van der Waals surface area contributed by atoms with Crippen LogP contribution in [0.25, 0.3) is 0 Å². The van der Waals surface area contributed by atoms with Crippen LogP contribution in [0, 0.1) is 12.8 Å². The van der Waals surface area contributed by atoms with Crippen LogP contribution in [0.4, 0.5) is 10.6 Å². The zero-order valence-corrected chi connectivity index (χ0v) is 20.5. The molecule has 0 aliphatic carbocycles. The lowest BCUT2D eigenvalue weighted by atomic mass is 10.0. The van der Waals surface area contributed by atoms with Crippen molar-refractivity contribution in [3.05, 3.63) is 50.9 Å². The number of nitrogens with zero attached hydrogens (tertiary/aromatic N) is 5. The highest BCUT2D eigenvalue weighted by molar-refractivity contribution is 6.35. The molecule has 1 aliphatic heterocycles. The SMILES string of the molecule is Cc1nc(CC(C)C)nc(N2CCN(C(=O)N(C)C)CC2)c1Cc1ccc(Cl)cc1Cl. The minimum atomic E-state index is 0.0483. The number of hydrogen-bond donors (Lipinski definition) is 0. The zero-order chi connectivity index (χ0) is 22.7. The molecule has 2 heterocycles. The van der Waals surface area contributed by atoms with Crippen LogP contribution >= 0.6 is 23.2 Å². The van der Waals surface area contributed by atoms with Crippen LogP contribution in [-0.2, 0) is 12.8 Å². The molecule has 8 heteroatoms. The number of urea groups is 1. The number of aryl methyl sites for hydroxylation is 1. The van der Waals surface area contributed by atoms with Crippen LogP contribution in [-0.4, -0.2) is 66.1 Å². The Morgan fingerprint density at radius 2 is 1.81 bits per heavy atom. The average Bonchev–Trinajstić information content (AvgIpc) is 2.70. The fourth-order valence-corrected chi connectivity index (χ4v) is 4.29. The molecule has 1 aromatic heterocycles. The summed E-state index contributed by atoms with van der Waals surface area (Å²) in [6.07, 6.45) is 1.46. The van der Waals surface area contributed by atoms with Crippen LogP contribution in [0.5, 0.6) is 0 Å². The van der Waals surface area contributed by atoms with E-state index in [1.54, 1.807) is 25.1 Å². The van der Waals surface area contributed by atoms with Crippen molar-refractivity contribution >= 4 is 35.1 Å². The first kappa shape index (κ1) is 23.6. The summed E-state index contributed by atoms with van der Waals surface area (Å²) in [6, 6.07) is 5.64. The summed E-state index contributed by atoms with van der Waals surface area (Å²) >= 11 is 12.5. The summed E-state index contributed by atoms with van der Waals surface area (Å²) in [5, 5.41) is 1.27. The first-order valence-electron chi connectivity index (χ1n) is 10.7. The van der Waals surface area contributed by atoms with Crippen molar-refractivity contribution < 1.29 is 4.79 Å². The van der Waals surface area contributed by atoms with Crippen molar-refractivity contribution in [2.45, 2.75) is 33.6 Å². The van der Waals surface area contributed by atoms with E-state index >= 15 is 0 Å². The van der Waals surface area contributed by atoms with Gasteiger partial charge < -0.3 is 14.7 Å². The van der Waals surface area contributed by atoms with E-state index in [1.807, 2.05) is 24.0 Å². The second kappa shape index (κ2) is 10.0. The number of amides is 2. The summed E-state index contributed by atoms with van der Waals surface area (Å²) < 4.78 is 0. The number of rotatable bonds is 5. The molecule has 6 nitrogen and oxygen atoms in total. The Morgan fingerprint density at radius 3 is 2.39 bits per heavy atom. The lowest BCUT2D eigenvalue weighted by Crippen LogP contribution is -2.52. The minimum Gasteiger partial charge on any atom is -0.353 e. The molecule has 0 N–H and O–H groups in total. The van der Waals surface area contributed by atoms with Gasteiger partial charge >= 0.3 is 6.03 Å². The Kier molecular flexibility index (Phi) is 7.65. The van der Waals surface area contributed by atoms with Gasteiger partial charge in [-0.15, -0.1) is 0 Å². The predicted molar refractivity (Wildman–Crippen MR) is 127 cm³/mol. The summed E-state index contributed by atoms with van der Waals surface area (Å²) in [5.74, 6) is 2.28. The Hall–Kier alpha value is -2.05. The highest BCUT2D eigenvalue weighted by Crippen LogP contribution is 2.29. The highest BCUT2D eigenvalue weighted by Gasteiger charge is 2.26. The minimum absolute atomic E-state index is 0.0483. The summed E-state index contributed by atoms with van der Waals surface area (Å²) in [4.78, 5) is 27.9. The van der Waals surface area contributed by atoms with Crippen molar-refractivity contribution in [3.63, 3.8) is 0 Å². The highest BCUT2D eigenvalue weighted by atomic mass is 35.5. The third kappa shape index (κ3) is 5.80. The number of hydrogen-bond acceptors (Lipinski definition) is 4. The zero-order valence-electron chi connectivity index (χ0n) is 19.0. The summed E-state index contributed by atoms with van der Waals surface area (Å²) in [6.45, 7) is 9.19. The molecule has 1 fully saturated rings. The van der Waals surface area contributed by atoms with Gasteiger partial charge in [0, 0.05) is 74.4 Å². The second-order valence-corrected chi connectivity index (χ2v) is 9.53. The maximum Gasteiger partial charge on any atom is 0.319 e. The molecule has 3 rings (SSSR count). The summed E-state index contributed by atoms with van der Waals surface area (Å²) in [7, 11) is 3.57. The Bertz CT molecular complexity index is 940. The van der Waals surface area contributed by atoms with E-state index in [0.717, 1.165) is 48.0 Å². The number of benzene rings is 1. The fourth-order valence-electron chi connectivity index (χ4n) is 3.81. The van der Waals surface area contributed by atoms with E-state index in [9.17, 15) is 4.79 Å². The number of carbonyl (C=O) groups is 1. The van der Waals surface area contributed by atoms with Crippen molar-refractivity contribution in [1.82, 2.24) is 19.8 Å². The molecule has 0 spiro atoms. The number of carbonyl (C=O) groups excluding carboxylic acids is 1. The second-order valence-electron chi connectivity index (χ2n) is 8.69. The van der Waals surface area contributed by atoms with E-state index in [-0.39, 0.29) is 6.03 Å². The Morgan fingerprint density at radius 1 is 1.13 bits per heavy atom. The molecule has 1 aromatic carbocycles. The third-order valence-electron chi connectivity index (χ3n) is 5.44. The van der Waals surface area contributed by atoms with Gasteiger partial charge in [0.2, 0.25) is 0 Å². The molecular weight excluding hydrogens is 433 g/mol. The van der Waals surface area contributed by atoms with E-state index in [0.29, 0.717) is 35.5 Å². The fraction of sp³-hybridized carbons (Fsp3) is 0.522. The molecular formula is C23H31Cl2N5O. The molecule has 0 atom stereocenters. The molecule has 2 aromatic rings. The Balaban J connectivity index is 1.92. The van der Waals surface area contributed by atoms with Gasteiger partial charge in [0.1, 0.15) is 11.6 Å². The van der Waals surface area contributed by atoms with Crippen LogP contribution in [0.1, 0.15) is 36.5 Å². The molecule has 31 heavy (non-hydrogen) atoms. The monoisotopic (exact) mass is 463 g/mol. The molecule has 0 radical (unpaired) electrons. The van der Waals surface area contributed by atoms with Gasteiger partial charge in [-0.1, -0.05) is 43.1 Å². The molecule has 1 aliphatic rings. The maximum absolute atomic E-state index is 12.3. The van der Waals surface area contributed by atoms with Crippen molar-refractivity contribution in [2.24, 2.45) is 5.92 Å². The Labute approximate surface area is 195 Å². The van der Waals surface area contributed by atoms with Crippen LogP contribution in [0.15, 0.2) is 18.2 Å². The molecule has 0 saturated carbocycles. The number of anilines is 1. The predicted octanol–water partition coefficient (Wildman–Crippen LogP) is 4.68. The number of aromatic nitrogens is 2. The van der Waals surface area contributed by atoms with Crippen LogP contribution in [0.2, 0.25) is 10.0 Å².